The lowest BCUT2D eigenvalue weighted by Crippen LogP contribution is -2.35. The maximum atomic E-state index is 11.6. The number of nitriles is 1. The first-order valence-electron chi connectivity index (χ1n) is 7.23. The molecule has 23 heavy (non-hydrogen) atoms. The normalized spacial score (nSPS) is 10.5. The van der Waals surface area contributed by atoms with Crippen LogP contribution in [0.15, 0.2) is 48.5 Å². The minimum Gasteiger partial charge on any atom is -0.443 e. The second-order valence-corrected chi connectivity index (χ2v) is 5.99. The van der Waals surface area contributed by atoms with Gasteiger partial charge in [-0.05, 0) is 50.1 Å². The third-order valence-electron chi connectivity index (χ3n) is 2.95. The zero-order chi connectivity index (χ0) is 16.9. The van der Waals surface area contributed by atoms with Crippen LogP contribution in [0, 0.1) is 11.3 Å². The maximum Gasteiger partial charge on any atom is 0.426 e. The number of carbonyl (C=O) groups is 1. The topological polar surface area (TPSA) is 74.2 Å². The molecule has 0 saturated carbocycles. The maximum absolute atomic E-state index is 11.6. The van der Waals surface area contributed by atoms with Gasteiger partial charge in [0.1, 0.15) is 5.60 Å². The number of hydrogen-bond acceptors (Lipinski definition) is 4. The van der Waals surface area contributed by atoms with Gasteiger partial charge in [-0.1, -0.05) is 30.3 Å². The summed E-state index contributed by atoms with van der Waals surface area (Å²) in [4.78, 5) is 11.6. The molecule has 0 fully saturated rings. The van der Waals surface area contributed by atoms with E-state index >= 15 is 0 Å². The Kier molecular flexibility index (Phi) is 4.87. The molecule has 5 nitrogen and oxygen atoms in total. The molecular formula is C18H19N3O2. The molecule has 0 aliphatic rings. The molecule has 118 valence electrons. The summed E-state index contributed by atoms with van der Waals surface area (Å²) in [5.74, 6) is 0. The van der Waals surface area contributed by atoms with E-state index in [0.29, 0.717) is 11.3 Å². The summed E-state index contributed by atoms with van der Waals surface area (Å²) < 4.78 is 5.13. The highest BCUT2D eigenvalue weighted by molar-refractivity contribution is 5.73. The first kappa shape index (κ1) is 16.4. The van der Waals surface area contributed by atoms with Crippen molar-refractivity contribution in [2.24, 2.45) is 0 Å². The zero-order valence-corrected chi connectivity index (χ0v) is 13.4. The average Bonchev–Trinajstić information content (AvgIpc) is 2.52. The van der Waals surface area contributed by atoms with Crippen molar-refractivity contribution in [3.8, 4) is 17.2 Å². The van der Waals surface area contributed by atoms with Gasteiger partial charge < -0.3 is 4.74 Å². The van der Waals surface area contributed by atoms with Crippen molar-refractivity contribution in [3.63, 3.8) is 0 Å². The number of hydrogen-bond donors (Lipinski definition) is 2. The highest BCUT2D eigenvalue weighted by atomic mass is 16.6. The number of rotatable bonds is 3. The minimum absolute atomic E-state index is 0.545. The van der Waals surface area contributed by atoms with Gasteiger partial charge in [0.15, 0.2) is 0 Å². The fraction of sp³-hybridized carbons (Fsp3) is 0.222. The number of nitrogens with one attached hydrogen (secondary N) is 2. The Morgan fingerprint density at radius 2 is 1.74 bits per heavy atom. The quantitative estimate of drug-likeness (QED) is 0.838. The van der Waals surface area contributed by atoms with Crippen LogP contribution < -0.4 is 10.9 Å². The molecule has 5 heteroatoms. The molecule has 0 bridgehead atoms. The predicted molar refractivity (Wildman–Crippen MR) is 89.6 cm³/mol. The number of nitrogens with zero attached hydrogens (tertiary/aromatic N) is 1. The van der Waals surface area contributed by atoms with Crippen molar-refractivity contribution in [1.82, 2.24) is 5.43 Å². The molecule has 0 aliphatic carbocycles. The Morgan fingerprint density at radius 3 is 2.35 bits per heavy atom. The van der Waals surface area contributed by atoms with Crippen LogP contribution in [0.5, 0.6) is 0 Å². The molecule has 0 saturated heterocycles. The van der Waals surface area contributed by atoms with Gasteiger partial charge in [-0.3, -0.25) is 5.43 Å². The fourth-order valence-corrected chi connectivity index (χ4v) is 1.99. The van der Waals surface area contributed by atoms with Crippen LogP contribution in [0.1, 0.15) is 26.3 Å². The van der Waals surface area contributed by atoms with E-state index in [4.69, 9.17) is 10.00 Å². The third-order valence-corrected chi connectivity index (χ3v) is 2.95. The Morgan fingerprint density at radius 1 is 1.09 bits per heavy atom. The molecule has 0 radical (unpaired) electrons. The summed E-state index contributed by atoms with van der Waals surface area (Å²) in [5, 5.41) is 9.15. The number of carbonyl (C=O) groups excluding carboxylic acids is 1. The van der Waals surface area contributed by atoms with Crippen molar-refractivity contribution >= 4 is 11.8 Å². The van der Waals surface area contributed by atoms with Crippen molar-refractivity contribution in [3.05, 3.63) is 54.1 Å². The second kappa shape index (κ2) is 6.84. The first-order chi connectivity index (χ1) is 10.9. The average molecular weight is 309 g/mol. The van der Waals surface area contributed by atoms with E-state index in [9.17, 15) is 4.79 Å². The van der Waals surface area contributed by atoms with Gasteiger partial charge in [-0.25, -0.2) is 10.2 Å². The van der Waals surface area contributed by atoms with E-state index in [1.807, 2.05) is 42.5 Å². The third kappa shape index (κ3) is 4.75. The molecule has 0 unspecified atom stereocenters. The Hall–Kier alpha value is -3.00. The van der Waals surface area contributed by atoms with Crippen LogP contribution in [0.2, 0.25) is 0 Å². The molecule has 2 aromatic rings. The summed E-state index contributed by atoms with van der Waals surface area (Å²) in [6.45, 7) is 5.40. The van der Waals surface area contributed by atoms with Gasteiger partial charge in [0.05, 0.1) is 17.3 Å². The highest BCUT2D eigenvalue weighted by Crippen LogP contribution is 2.24. The van der Waals surface area contributed by atoms with Crippen LogP contribution in [0.4, 0.5) is 10.5 Å². The Bertz CT molecular complexity index is 725. The molecule has 0 aromatic heterocycles. The summed E-state index contributed by atoms with van der Waals surface area (Å²) in [6, 6.07) is 17.0. The summed E-state index contributed by atoms with van der Waals surface area (Å²) >= 11 is 0. The zero-order valence-electron chi connectivity index (χ0n) is 13.4. The van der Waals surface area contributed by atoms with Crippen LogP contribution in [-0.2, 0) is 4.74 Å². The van der Waals surface area contributed by atoms with Crippen molar-refractivity contribution in [1.29, 1.82) is 5.26 Å². The highest BCUT2D eigenvalue weighted by Gasteiger charge is 2.15. The van der Waals surface area contributed by atoms with E-state index in [2.05, 4.69) is 16.9 Å². The van der Waals surface area contributed by atoms with E-state index in [0.717, 1.165) is 11.1 Å². The van der Waals surface area contributed by atoms with E-state index in [-0.39, 0.29) is 0 Å². The van der Waals surface area contributed by atoms with Crippen molar-refractivity contribution in [2.75, 3.05) is 5.43 Å². The molecule has 0 aliphatic heterocycles. The lowest BCUT2D eigenvalue weighted by Gasteiger charge is -2.20. The molecule has 1 amide bonds. The number of benzene rings is 2. The first-order valence-corrected chi connectivity index (χ1v) is 7.23. The van der Waals surface area contributed by atoms with Crippen LogP contribution in [0.25, 0.3) is 11.1 Å². The lowest BCUT2D eigenvalue weighted by atomic mass is 10.0. The largest absolute Gasteiger partial charge is 0.443 e. The number of amides is 1. The molecular weight excluding hydrogens is 290 g/mol. The molecule has 0 spiro atoms. The summed E-state index contributed by atoms with van der Waals surface area (Å²) in [6.07, 6.45) is -0.545. The molecule has 2 rings (SSSR count). The Labute approximate surface area is 135 Å². The van der Waals surface area contributed by atoms with Gasteiger partial charge in [0.25, 0.3) is 0 Å². The monoisotopic (exact) mass is 309 g/mol. The van der Waals surface area contributed by atoms with E-state index in [1.165, 1.54) is 0 Å². The number of anilines is 1. The minimum atomic E-state index is -0.545. The molecule has 0 atom stereocenters. The number of ether oxygens (including phenoxy) is 1. The van der Waals surface area contributed by atoms with Crippen molar-refractivity contribution in [2.45, 2.75) is 26.4 Å². The summed E-state index contributed by atoms with van der Waals surface area (Å²) in [5.41, 5.74) is 7.87. The second-order valence-electron chi connectivity index (χ2n) is 5.99. The van der Waals surface area contributed by atoms with Gasteiger partial charge in [0, 0.05) is 0 Å². The Balaban J connectivity index is 2.03. The lowest BCUT2D eigenvalue weighted by molar-refractivity contribution is 0.0541. The standard InChI is InChI=1S/C18H19N3O2/c1-18(2,3)23-17(22)21-20-15-10-8-13(9-11-15)16-7-5-4-6-14(16)12-19/h4-11,20H,1-3H3,(H,21,22). The molecule has 2 aromatic carbocycles. The van der Waals surface area contributed by atoms with E-state index in [1.54, 1.807) is 26.8 Å². The number of hydrazine groups is 1. The van der Waals surface area contributed by atoms with Crippen LogP contribution in [0.3, 0.4) is 0 Å². The van der Waals surface area contributed by atoms with Crippen molar-refractivity contribution < 1.29 is 9.53 Å². The fourth-order valence-electron chi connectivity index (χ4n) is 1.99. The van der Waals surface area contributed by atoms with Gasteiger partial charge in [0.2, 0.25) is 0 Å². The van der Waals surface area contributed by atoms with Gasteiger partial charge in [-0.2, -0.15) is 5.26 Å². The van der Waals surface area contributed by atoms with Crippen LogP contribution in [-0.4, -0.2) is 11.7 Å². The summed E-state index contributed by atoms with van der Waals surface area (Å²) in [7, 11) is 0. The van der Waals surface area contributed by atoms with E-state index < -0.39 is 11.7 Å². The smallest absolute Gasteiger partial charge is 0.426 e. The van der Waals surface area contributed by atoms with Crippen LogP contribution >= 0.6 is 0 Å². The molecule has 2 N–H and O–H groups in total. The van der Waals surface area contributed by atoms with Gasteiger partial charge >= 0.3 is 6.09 Å². The SMILES string of the molecule is CC(C)(C)OC(=O)NNc1ccc(-c2ccccc2C#N)cc1. The van der Waals surface area contributed by atoms with Gasteiger partial charge in [-0.15, -0.1) is 0 Å². The predicted octanol–water partition coefficient (Wildman–Crippen LogP) is 4.08. The molecule has 0 heterocycles.